The highest BCUT2D eigenvalue weighted by atomic mass is 19.4. The Morgan fingerprint density at radius 1 is 1.02 bits per heavy atom. The van der Waals surface area contributed by atoms with E-state index in [1.54, 1.807) is 6.92 Å². The first-order valence-electron chi connectivity index (χ1n) is 13.1. The maximum absolute atomic E-state index is 14.8. The van der Waals surface area contributed by atoms with Gasteiger partial charge in [-0.2, -0.15) is 13.2 Å². The van der Waals surface area contributed by atoms with Gasteiger partial charge in [0.25, 0.3) is 5.91 Å². The topological polar surface area (TPSA) is 123 Å². The summed E-state index contributed by atoms with van der Waals surface area (Å²) in [5.74, 6) is -6.10. The van der Waals surface area contributed by atoms with Crippen molar-refractivity contribution in [3.05, 3.63) is 53.1 Å². The number of carbonyl (C=O) groups excluding carboxylic acids is 2. The number of halogens is 5. The average Bonchev–Trinajstić information content (AvgIpc) is 3.39. The van der Waals surface area contributed by atoms with Gasteiger partial charge in [0.15, 0.2) is 11.6 Å². The van der Waals surface area contributed by atoms with Crippen molar-refractivity contribution in [3.63, 3.8) is 0 Å². The highest BCUT2D eigenvalue weighted by Gasteiger charge is 2.39. The molecule has 0 aromatic heterocycles. The third-order valence-electron chi connectivity index (χ3n) is 7.62. The molecule has 14 heteroatoms. The summed E-state index contributed by atoms with van der Waals surface area (Å²) in [5.41, 5.74) is -2.84. The van der Waals surface area contributed by atoms with Crippen LogP contribution in [0.4, 0.5) is 27.6 Å². The number of nitrogens with one attached hydrogen (secondary N) is 2. The standard InChI is InChI=1S/C28H29F5N2O7/c1-27(26(38)39)7-5-15(6-8-27)42-23-10-16(22(40-2)11-20(23)30)24(36)35-21-13-41-12-17(21)25(37)34-14-3-4-19(29)18(9-14)28(31,32)33/h3-4,9-11,15,17,21H,5-8,12-13H2,1-2H3,(H,34,37)(H,35,36)(H,38,39)/t15?,17-,21+,27?/m0/s1. The molecule has 0 spiro atoms. The molecular formula is C28H29F5N2O7. The molecule has 1 saturated carbocycles. The molecule has 2 aliphatic rings. The number of carboxylic acid groups (broad SMARTS) is 1. The van der Waals surface area contributed by atoms with Crippen LogP contribution >= 0.6 is 0 Å². The molecule has 0 unspecified atom stereocenters. The molecule has 228 valence electrons. The van der Waals surface area contributed by atoms with Crippen molar-refractivity contribution < 1.29 is 55.7 Å². The van der Waals surface area contributed by atoms with Crippen molar-refractivity contribution in [2.45, 2.75) is 50.9 Å². The van der Waals surface area contributed by atoms with Crippen LogP contribution in [0.15, 0.2) is 30.3 Å². The number of hydrogen-bond donors (Lipinski definition) is 3. The van der Waals surface area contributed by atoms with Crippen LogP contribution in [-0.2, 0) is 20.5 Å². The SMILES string of the molecule is COc1cc(F)c(OC2CCC(C)(C(=O)O)CC2)cc1C(=O)N[C@@H]1COC[C@@H]1C(=O)Nc1ccc(F)c(C(F)(F)F)c1. The van der Waals surface area contributed by atoms with Crippen molar-refractivity contribution in [3.8, 4) is 11.5 Å². The van der Waals surface area contributed by atoms with E-state index in [-0.39, 0.29) is 36.0 Å². The van der Waals surface area contributed by atoms with Crippen LogP contribution in [-0.4, -0.2) is 55.4 Å². The van der Waals surface area contributed by atoms with Gasteiger partial charge in [0.05, 0.1) is 54.9 Å². The van der Waals surface area contributed by atoms with E-state index < -0.39 is 64.6 Å². The third kappa shape index (κ3) is 6.75. The van der Waals surface area contributed by atoms with Gasteiger partial charge in [-0.05, 0) is 56.9 Å². The molecular weight excluding hydrogens is 571 g/mol. The summed E-state index contributed by atoms with van der Waals surface area (Å²) in [4.78, 5) is 37.6. The van der Waals surface area contributed by atoms with Crippen molar-refractivity contribution in [2.75, 3.05) is 25.6 Å². The second kappa shape index (κ2) is 12.1. The Balaban J connectivity index is 1.46. The maximum atomic E-state index is 14.8. The first-order chi connectivity index (χ1) is 19.7. The van der Waals surface area contributed by atoms with Crippen LogP contribution in [0.2, 0.25) is 0 Å². The van der Waals surface area contributed by atoms with Gasteiger partial charge >= 0.3 is 12.1 Å². The predicted octanol–water partition coefficient (Wildman–Crippen LogP) is 4.79. The Bertz CT molecular complexity index is 1360. The number of methoxy groups -OCH3 is 1. The first kappa shape index (κ1) is 31.0. The van der Waals surface area contributed by atoms with Gasteiger partial charge in [0.1, 0.15) is 11.6 Å². The number of anilines is 1. The van der Waals surface area contributed by atoms with Crippen LogP contribution in [0.5, 0.6) is 11.5 Å². The van der Waals surface area contributed by atoms with Gasteiger partial charge in [-0.3, -0.25) is 14.4 Å². The summed E-state index contributed by atoms with van der Waals surface area (Å²) >= 11 is 0. The summed E-state index contributed by atoms with van der Waals surface area (Å²) < 4.78 is 83.9. The number of rotatable bonds is 8. The quantitative estimate of drug-likeness (QED) is 0.373. The fraction of sp³-hybridized carbons (Fsp3) is 0.464. The lowest BCUT2D eigenvalue weighted by atomic mass is 9.75. The molecule has 3 N–H and O–H groups in total. The van der Waals surface area contributed by atoms with E-state index in [1.165, 1.54) is 7.11 Å². The molecule has 9 nitrogen and oxygen atoms in total. The number of carboxylic acids is 1. The van der Waals surface area contributed by atoms with Crippen LogP contribution in [0.25, 0.3) is 0 Å². The van der Waals surface area contributed by atoms with Gasteiger partial charge < -0.3 is 30.0 Å². The van der Waals surface area contributed by atoms with E-state index in [0.717, 1.165) is 18.2 Å². The Morgan fingerprint density at radius 2 is 1.71 bits per heavy atom. The molecule has 42 heavy (non-hydrogen) atoms. The van der Waals surface area contributed by atoms with Crippen LogP contribution < -0.4 is 20.1 Å². The second-order valence-corrected chi connectivity index (χ2v) is 10.6. The van der Waals surface area contributed by atoms with E-state index in [1.807, 2.05) is 0 Å². The zero-order valence-corrected chi connectivity index (χ0v) is 22.6. The van der Waals surface area contributed by atoms with Crippen molar-refractivity contribution >= 4 is 23.5 Å². The molecule has 1 saturated heterocycles. The molecule has 2 fully saturated rings. The van der Waals surface area contributed by atoms with Gasteiger partial charge in [0.2, 0.25) is 5.91 Å². The van der Waals surface area contributed by atoms with Crippen LogP contribution in [0.1, 0.15) is 48.5 Å². The minimum Gasteiger partial charge on any atom is -0.496 e. The number of alkyl halides is 3. The largest absolute Gasteiger partial charge is 0.496 e. The maximum Gasteiger partial charge on any atom is 0.419 e. The molecule has 1 aliphatic heterocycles. The van der Waals surface area contributed by atoms with Crippen LogP contribution in [0, 0.1) is 23.0 Å². The number of carbonyl (C=O) groups is 3. The lowest BCUT2D eigenvalue weighted by Gasteiger charge is -2.34. The summed E-state index contributed by atoms with van der Waals surface area (Å²) in [7, 11) is 1.23. The molecule has 1 aliphatic carbocycles. The zero-order valence-electron chi connectivity index (χ0n) is 22.6. The van der Waals surface area contributed by atoms with E-state index in [4.69, 9.17) is 14.2 Å². The third-order valence-corrected chi connectivity index (χ3v) is 7.62. The average molecular weight is 601 g/mol. The number of aliphatic carboxylic acids is 1. The van der Waals surface area contributed by atoms with E-state index in [2.05, 4.69) is 10.6 Å². The lowest BCUT2D eigenvalue weighted by molar-refractivity contribution is -0.150. The highest BCUT2D eigenvalue weighted by Crippen LogP contribution is 2.39. The molecule has 0 radical (unpaired) electrons. The Morgan fingerprint density at radius 3 is 2.33 bits per heavy atom. The molecule has 2 amide bonds. The lowest BCUT2D eigenvalue weighted by Crippen LogP contribution is -2.44. The summed E-state index contributed by atoms with van der Waals surface area (Å²) in [6.07, 6.45) is -4.05. The van der Waals surface area contributed by atoms with Gasteiger partial charge in [-0.15, -0.1) is 0 Å². The number of benzene rings is 2. The molecule has 2 aromatic rings. The molecule has 2 atom stereocenters. The molecule has 2 aromatic carbocycles. The van der Waals surface area contributed by atoms with Gasteiger partial charge in [-0.25, -0.2) is 8.78 Å². The van der Waals surface area contributed by atoms with Crippen molar-refractivity contribution in [1.29, 1.82) is 0 Å². The Labute approximate surface area is 237 Å². The molecule has 1 heterocycles. The Kier molecular flexibility index (Phi) is 8.95. The van der Waals surface area contributed by atoms with E-state index in [0.29, 0.717) is 37.8 Å². The predicted molar refractivity (Wildman–Crippen MR) is 137 cm³/mol. The number of ether oxygens (including phenoxy) is 3. The number of amides is 2. The normalized spacial score (nSPS) is 24.1. The van der Waals surface area contributed by atoms with E-state index >= 15 is 0 Å². The van der Waals surface area contributed by atoms with Crippen molar-refractivity contribution in [2.24, 2.45) is 11.3 Å². The highest BCUT2D eigenvalue weighted by molar-refractivity contribution is 5.99. The first-order valence-corrected chi connectivity index (χ1v) is 13.1. The summed E-state index contributed by atoms with van der Waals surface area (Å²) in [5, 5.41) is 14.3. The van der Waals surface area contributed by atoms with Gasteiger partial charge in [-0.1, -0.05) is 0 Å². The fourth-order valence-electron chi connectivity index (χ4n) is 4.97. The minimum atomic E-state index is -4.97. The minimum absolute atomic E-state index is 0.0989. The van der Waals surface area contributed by atoms with E-state index in [9.17, 15) is 41.4 Å². The Hall–Kier alpha value is -3.94. The molecule has 4 rings (SSSR count). The summed E-state index contributed by atoms with van der Waals surface area (Å²) in [6.45, 7) is 1.38. The second-order valence-electron chi connectivity index (χ2n) is 10.6. The summed E-state index contributed by atoms with van der Waals surface area (Å²) in [6, 6.07) is 3.24. The van der Waals surface area contributed by atoms with Crippen LogP contribution in [0.3, 0.4) is 0 Å². The smallest absolute Gasteiger partial charge is 0.419 e. The fourth-order valence-corrected chi connectivity index (χ4v) is 4.97. The molecule has 0 bridgehead atoms. The van der Waals surface area contributed by atoms with Gasteiger partial charge in [0, 0.05) is 11.8 Å². The number of hydrogen-bond acceptors (Lipinski definition) is 6. The monoisotopic (exact) mass is 600 g/mol. The van der Waals surface area contributed by atoms with Crippen molar-refractivity contribution in [1.82, 2.24) is 5.32 Å². The zero-order chi connectivity index (χ0) is 30.8.